The van der Waals surface area contributed by atoms with Gasteiger partial charge in [0.15, 0.2) is 0 Å². The molecular formula is C10H24N4O. The zero-order chi connectivity index (χ0) is 10.8. The number of β-amino-alcohol motifs (C(OH)–C–C–N with tert-alkyl or cyclic N) is 1. The third-order valence-electron chi connectivity index (χ3n) is 2.42. The van der Waals surface area contributed by atoms with E-state index in [0.717, 1.165) is 39.3 Å². The molecule has 1 aliphatic rings. The smallest absolute Gasteiger partial charge is 0.0788 e. The monoisotopic (exact) mass is 216 g/mol. The second kappa shape index (κ2) is 9.06. The van der Waals surface area contributed by atoms with Crippen molar-refractivity contribution in [2.45, 2.75) is 12.5 Å². The van der Waals surface area contributed by atoms with Crippen LogP contribution in [0.4, 0.5) is 0 Å². The molecule has 1 fully saturated rings. The lowest BCUT2D eigenvalue weighted by Gasteiger charge is -2.14. The van der Waals surface area contributed by atoms with Crippen molar-refractivity contribution in [2.75, 3.05) is 52.4 Å². The first-order valence-corrected chi connectivity index (χ1v) is 5.90. The average Bonchev–Trinajstić information content (AvgIpc) is 2.24. The van der Waals surface area contributed by atoms with Crippen LogP contribution in [0.3, 0.4) is 0 Å². The summed E-state index contributed by atoms with van der Waals surface area (Å²) < 4.78 is 0. The molecule has 1 heterocycles. The largest absolute Gasteiger partial charge is 0.390 e. The maximum atomic E-state index is 9.55. The molecule has 1 aliphatic heterocycles. The Kier molecular flexibility index (Phi) is 7.77. The van der Waals surface area contributed by atoms with Gasteiger partial charge in [0, 0.05) is 39.3 Å². The molecule has 5 heteroatoms. The van der Waals surface area contributed by atoms with E-state index in [9.17, 15) is 5.11 Å². The van der Waals surface area contributed by atoms with E-state index in [-0.39, 0.29) is 6.10 Å². The highest BCUT2D eigenvalue weighted by atomic mass is 16.3. The van der Waals surface area contributed by atoms with Gasteiger partial charge in [-0.3, -0.25) is 0 Å². The average molecular weight is 216 g/mol. The molecule has 1 rings (SSSR count). The predicted molar refractivity (Wildman–Crippen MR) is 62.1 cm³/mol. The highest BCUT2D eigenvalue weighted by Crippen LogP contribution is 1.79. The van der Waals surface area contributed by atoms with E-state index < -0.39 is 0 Å². The number of nitrogens with one attached hydrogen (secondary N) is 4. The van der Waals surface area contributed by atoms with Crippen LogP contribution in [0.1, 0.15) is 6.42 Å². The summed E-state index contributed by atoms with van der Waals surface area (Å²) in [5, 5.41) is 22.7. The van der Waals surface area contributed by atoms with E-state index in [2.05, 4.69) is 21.3 Å². The molecule has 0 aromatic heterocycles. The molecule has 5 N–H and O–H groups in total. The van der Waals surface area contributed by atoms with Crippen LogP contribution < -0.4 is 21.3 Å². The van der Waals surface area contributed by atoms with Gasteiger partial charge in [-0.1, -0.05) is 0 Å². The van der Waals surface area contributed by atoms with E-state index in [1.807, 2.05) is 0 Å². The van der Waals surface area contributed by atoms with E-state index >= 15 is 0 Å². The number of aliphatic hydroxyl groups excluding tert-OH is 1. The van der Waals surface area contributed by atoms with Crippen molar-refractivity contribution >= 4 is 0 Å². The van der Waals surface area contributed by atoms with Gasteiger partial charge in [-0.15, -0.1) is 0 Å². The first-order chi connectivity index (χ1) is 7.39. The third-order valence-corrected chi connectivity index (χ3v) is 2.42. The van der Waals surface area contributed by atoms with Crippen molar-refractivity contribution in [3.63, 3.8) is 0 Å². The summed E-state index contributed by atoms with van der Waals surface area (Å²) in [6.45, 7) is 7.24. The van der Waals surface area contributed by atoms with Crippen molar-refractivity contribution in [2.24, 2.45) is 0 Å². The molecule has 0 aromatic rings. The van der Waals surface area contributed by atoms with E-state index in [1.54, 1.807) is 0 Å². The summed E-state index contributed by atoms with van der Waals surface area (Å²) in [6, 6.07) is 0. The lowest BCUT2D eigenvalue weighted by Crippen LogP contribution is -2.40. The Balaban J connectivity index is 2.10. The molecule has 90 valence electrons. The van der Waals surface area contributed by atoms with Crippen LogP contribution in [0.2, 0.25) is 0 Å². The Hall–Kier alpha value is -0.200. The fourth-order valence-electron chi connectivity index (χ4n) is 1.55. The maximum Gasteiger partial charge on any atom is 0.0788 e. The van der Waals surface area contributed by atoms with Gasteiger partial charge in [-0.25, -0.2) is 0 Å². The zero-order valence-corrected chi connectivity index (χ0v) is 9.39. The van der Waals surface area contributed by atoms with Gasteiger partial charge in [0.05, 0.1) is 6.10 Å². The minimum absolute atomic E-state index is 0.284. The van der Waals surface area contributed by atoms with Crippen molar-refractivity contribution in [3.05, 3.63) is 0 Å². The second-order valence-electron chi connectivity index (χ2n) is 3.92. The van der Waals surface area contributed by atoms with Crippen LogP contribution in [-0.2, 0) is 0 Å². The fourth-order valence-corrected chi connectivity index (χ4v) is 1.55. The van der Waals surface area contributed by atoms with Crippen molar-refractivity contribution < 1.29 is 5.11 Å². The Bertz CT molecular complexity index is 131. The molecular weight excluding hydrogens is 192 g/mol. The van der Waals surface area contributed by atoms with Crippen molar-refractivity contribution in [1.29, 1.82) is 0 Å². The molecule has 1 saturated heterocycles. The summed E-state index contributed by atoms with van der Waals surface area (Å²) in [7, 11) is 0. The quantitative estimate of drug-likeness (QED) is 0.328. The molecule has 0 unspecified atom stereocenters. The second-order valence-corrected chi connectivity index (χ2v) is 3.92. The molecule has 0 atom stereocenters. The predicted octanol–water partition coefficient (Wildman–Crippen LogP) is -1.89. The highest BCUT2D eigenvalue weighted by molar-refractivity contribution is 4.65. The van der Waals surface area contributed by atoms with Crippen LogP contribution in [-0.4, -0.2) is 63.6 Å². The summed E-state index contributed by atoms with van der Waals surface area (Å²) in [4.78, 5) is 0. The highest BCUT2D eigenvalue weighted by Gasteiger charge is 2.02. The van der Waals surface area contributed by atoms with Crippen LogP contribution in [0.15, 0.2) is 0 Å². The molecule has 0 radical (unpaired) electrons. The molecule has 0 bridgehead atoms. The maximum absolute atomic E-state index is 9.55. The fraction of sp³-hybridized carbons (Fsp3) is 1.00. The molecule has 0 spiro atoms. The Morgan fingerprint density at radius 2 is 1.13 bits per heavy atom. The van der Waals surface area contributed by atoms with Gasteiger partial charge in [-0.2, -0.15) is 0 Å². The van der Waals surface area contributed by atoms with Gasteiger partial charge < -0.3 is 26.4 Å². The Labute approximate surface area is 92.0 Å². The van der Waals surface area contributed by atoms with E-state index in [4.69, 9.17) is 0 Å². The minimum Gasteiger partial charge on any atom is -0.390 e. The Morgan fingerprint density at radius 3 is 1.67 bits per heavy atom. The molecule has 15 heavy (non-hydrogen) atoms. The van der Waals surface area contributed by atoms with Crippen LogP contribution >= 0.6 is 0 Å². The molecule has 0 saturated carbocycles. The SMILES string of the molecule is OC1CNCCNCCCNCCNC1. The third kappa shape index (κ3) is 7.70. The summed E-state index contributed by atoms with van der Waals surface area (Å²) in [5.74, 6) is 0. The topological polar surface area (TPSA) is 68.3 Å². The number of hydrogen-bond acceptors (Lipinski definition) is 5. The molecule has 0 aliphatic carbocycles. The summed E-state index contributed by atoms with van der Waals surface area (Å²) >= 11 is 0. The number of rotatable bonds is 0. The van der Waals surface area contributed by atoms with Crippen LogP contribution in [0, 0.1) is 0 Å². The molecule has 0 aromatic carbocycles. The minimum atomic E-state index is -0.284. The standard InChI is InChI=1S/C10H24N4O/c15-10-8-13-6-4-11-2-1-3-12-5-7-14-9-10/h10-15H,1-9H2. The van der Waals surface area contributed by atoms with E-state index in [1.165, 1.54) is 6.42 Å². The van der Waals surface area contributed by atoms with Crippen molar-refractivity contribution in [1.82, 2.24) is 21.3 Å². The van der Waals surface area contributed by atoms with Crippen LogP contribution in [0.5, 0.6) is 0 Å². The number of aliphatic hydroxyl groups is 1. The summed E-state index contributed by atoms with van der Waals surface area (Å²) in [5.41, 5.74) is 0. The Morgan fingerprint density at radius 1 is 0.667 bits per heavy atom. The zero-order valence-electron chi connectivity index (χ0n) is 9.39. The normalized spacial score (nSPS) is 24.6. The molecule has 5 nitrogen and oxygen atoms in total. The molecule has 0 amide bonds. The summed E-state index contributed by atoms with van der Waals surface area (Å²) in [6.07, 6.45) is 0.885. The lowest BCUT2D eigenvalue weighted by atomic mass is 10.3. The van der Waals surface area contributed by atoms with Gasteiger partial charge in [0.2, 0.25) is 0 Å². The van der Waals surface area contributed by atoms with Crippen molar-refractivity contribution in [3.8, 4) is 0 Å². The van der Waals surface area contributed by atoms with Gasteiger partial charge in [0.1, 0.15) is 0 Å². The van der Waals surface area contributed by atoms with E-state index in [0.29, 0.717) is 13.1 Å². The van der Waals surface area contributed by atoms with Gasteiger partial charge in [-0.05, 0) is 19.5 Å². The van der Waals surface area contributed by atoms with Gasteiger partial charge >= 0.3 is 0 Å². The van der Waals surface area contributed by atoms with Gasteiger partial charge in [0.25, 0.3) is 0 Å². The first-order valence-electron chi connectivity index (χ1n) is 5.90. The first kappa shape index (κ1) is 12.9. The number of hydrogen-bond donors (Lipinski definition) is 5. The van der Waals surface area contributed by atoms with Crippen LogP contribution in [0.25, 0.3) is 0 Å². The lowest BCUT2D eigenvalue weighted by molar-refractivity contribution is 0.169.